The van der Waals surface area contributed by atoms with Gasteiger partial charge in [-0.2, -0.15) is 0 Å². The van der Waals surface area contributed by atoms with Gasteiger partial charge in [0.1, 0.15) is 9.84 Å². The van der Waals surface area contributed by atoms with E-state index in [4.69, 9.17) is 0 Å². The van der Waals surface area contributed by atoms with Crippen LogP contribution >= 0.6 is 0 Å². The second kappa shape index (κ2) is 6.62. The summed E-state index contributed by atoms with van der Waals surface area (Å²) in [5.41, 5.74) is 2.46. The minimum Gasteiger partial charge on any atom is -0.347 e. The van der Waals surface area contributed by atoms with Crippen molar-refractivity contribution in [3.05, 3.63) is 36.0 Å². The van der Waals surface area contributed by atoms with E-state index in [-0.39, 0.29) is 5.75 Å². The molecule has 0 aliphatic rings. The number of fused-ring (bicyclic) bond motifs is 1. The monoisotopic (exact) mass is 308 g/mol. The van der Waals surface area contributed by atoms with E-state index in [2.05, 4.69) is 48.0 Å². The quantitative estimate of drug-likeness (QED) is 0.855. The van der Waals surface area contributed by atoms with Crippen molar-refractivity contribution in [1.82, 2.24) is 9.88 Å². The Morgan fingerprint density at radius 2 is 2.00 bits per heavy atom. The van der Waals surface area contributed by atoms with Crippen LogP contribution in [0.25, 0.3) is 10.9 Å². The summed E-state index contributed by atoms with van der Waals surface area (Å²) in [6, 6.07) is 8.83. The van der Waals surface area contributed by atoms with Crippen LogP contribution < -0.4 is 5.32 Å². The van der Waals surface area contributed by atoms with Crippen LogP contribution in [0.15, 0.2) is 30.5 Å². The Kier molecular flexibility index (Phi) is 5.06. The molecule has 2 aromatic rings. The Bertz CT molecular complexity index is 702. The molecule has 1 N–H and O–H groups in total. The molecule has 0 fully saturated rings. The Morgan fingerprint density at radius 1 is 1.24 bits per heavy atom. The maximum Gasteiger partial charge on any atom is 0.147 e. The summed E-state index contributed by atoms with van der Waals surface area (Å²) in [6.45, 7) is 5.82. The predicted octanol–water partition coefficient (Wildman–Crippen LogP) is 2.57. The summed E-state index contributed by atoms with van der Waals surface area (Å²) in [5, 5.41) is 4.65. The van der Waals surface area contributed by atoms with Crippen molar-refractivity contribution < 1.29 is 8.42 Å². The largest absolute Gasteiger partial charge is 0.347 e. The van der Waals surface area contributed by atoms with Gasteiger partial charge in [-0.05, 0) is 23.4 Å². The molecule has 0 unspecified atom stereocenters. The molecule has 4 nitrogen and oxygen atoms in total. The number of sulfone groups is 1. The standard InChI is InChI=1S/C16H24N2O2S/c1-13(2)17-12-15-7-4-6-14-8-10-18(16(14)15)9-5-11-21(3,19)20/h4,6-8,10,13,17H,5,9,11-12H2,1-3H3. The van der Waals surface area contributed by atoms with Crippen molar-refractivity contribution in [2.45, 2.75) is 39.4 Å². The average molecular weight is 308 g/mol. The minimum atomic E-state index is -2.89. The van der Waals surface area contributed by atoms with Crippen LogP contribution in [-0.2, 0) is 22.9 Å². The first-order valence-corrected chi connectivity index (χ1v) is 9.41. The highest BCUT2D eigenvalue weighted by molar-refractivity contribution is 7.90. The van der Waals surface area contributed by atoms with Gasteiger partial charge in [0.25, 0.3) is 0 Å². The Labute approximate surface area is 127 Å². The molecular weight excluding hydrogens is 284 g/mol. The van der Waals surface area contributed by atoms with Crippen LogP contribution in [0.2, 0.25) is 0 Å². The van der Waals surface area contributed by atoms with E-state index in [1.54, 1.807) is 0 Å². The molecule has 0 amide bonds. The molecule has 0 aliphatic carbocycles. The van der Waals surface area contributed by atoms with Gasteiger partial charge in [-0.15, -0.1) is 0 Å². The molecule has 1 aromatic carbocycles. The summed E-state index contributed by atoms with van der Waals surface area (Å²) in [4.78, 5) is 0. The molecule has 1 heterocycles. The zero-order valence-electron chi connectivity index (χ0n) is 13.0. The molecule has 0 saturated carbocycles. The summed E-state index contributed by atoms with van der Waals surface area (Å²) in [5.74, 6) is 0.235. The third-order valence-corrected chi connectivity index (χ3v) is 4.52. The summed E-state index contributed by atoms with van der Waals surface area (Å²) in [7, 11) is -2.89. The van der Waals surface area contributed by atoms with E-state index in [0.29, 0.717) is 12.5 Å². The first-order chi connectivity index (χ1) is 9.87. The van der Waals surface area contributed by atoms with Crippen LogP contribution in [0.5, 0.6) is 0 Å². The van der Waals surface area contributed by atoms with Crippen LogP contribution in [0.4, 0.5) is 0 Å². The van der Waals surface area contributed by atoms with Gasteiger partial charge in [0.15, 0.2) is 0 Å². The topological polar surface area (TPSA) is 51.1 Å². The molecule has 1 aromatic heterocycles. The fraction of sp³-hybridized carbons (Fsp3) is 0.500. The number of aryl methyl sites for hydroxylation is 1. The molecule has 21 heavy (non-hydrogen) atoms. The van der Waals surface area contributed by atoms with E-state index < -0.39 is 9.84 Å². The van der Waals surface area contributed by atoms with Crippen molar-refractivity contribution in [3.8, 4) is 0 Å². The lowest BCUT2D eigenvalue weighted by Gasteiger charge is -2.12. The molecule has 0 atom stereocenters. The normalized spacial score (nSPS) is 12.4. The smallest absolute Gasteiger partial charge is 0.147 e. The maximum absolute atomic E-state index is 11.2. The SMILES string of the molecule is CC(C)NCc1cccc2ccn(CCCS(C)(=O)=O)c12. The third-order valence-electron chi connectivity index (χ3n) is 3.49. The van der Waals surface area contributed by atoms with Gasteiger partial charge in [0, 0.05) is 31.6 Å². The molecule has 0 radical (unpaired) electrons. The van der Waals surface area contributed by atoms with E-state index >= 15 is 0 Å². The van der Waals surface area contributed by atoms with Crippen LogP contribution in [0.1, 0.15) is 25.8 Å². The van der Waals surface area contributed by atoms with E-state index in [1.807, 2.05) is 6.20 Å². The van der Waals surface area contributed by atoms with Gasteiger partial charge in [-0.25, -0.2) is 8.42 Å². The van der Waals surface area contributed by atoms with E-state index in [0.717, 1.165) is 13.1 Å². The average Bonchev–Trinajstić information content (AvgIpc) is 2.79. The number of para-hydroxylation sites is 1. The highest BCUT2D eigenvalue weighted by atomic mass is 32.2. The van der Waals surface area contributed by atoms with Crippen LogP contribution in [0.3, 0.4) is 0 Å². The highest BCUT2D eigenvalue weighted by Crippen LogP contribution is 2.21. The summed E-state index contributed by atoms with van der Waals surface area (Å²) in [6.07, 6.45) is 3.99. The Balaban J connectivity index is 2.19. The fourth-order valence-electron chi connectivity index (χ4n) is 2.48. The lowest BCUT2D eigenvalue weighted by Crippen LogP contribution is -2.22. The number of nitrogens with zero attached hydrogens (tertiary/aromatic N) is 1. The van der Waals surface area contributed by atoms with Crippen molar-refractivity contribution in [3.63, 3.8) is 0 Å². The number of hydrogen-bond donors (Lipinski definition) is 1. The molecule has 0 saturated heterocycles. The first kappa shape index (κ1) is 16.0. The number of benzene rings is 1. The second-order valence-corrected chi connectivity index (χ2v) is 8.14. The number of hydrogen-bond acceptors (Lipinski definition) is 3. The van der Waals surface area contributed by atoms with Crippen molar-refractivity contribution >= 4 is 20.7 Å². The van der Waals surface area contributed by atoms with Crippen molar-refractivity contribution in [2.24, 2.45) is 0 Å². The van der Waals surface area contributed by atoms with Gasteiger partial charge in [0.05, 0.1) is 11.3 Å². The van der Waals surface area contributed by atoms with Gasteiger partial charge in [-0.1, -0.05) is 32.0 Å². The third kappa shape index (κ3) is 4.58. The van der Waals surface area contributed by atoms with Crippen LogP contribution in [-0.4, -0.2) is 31.0 Å². The number of nitrogens with one attached hydrogen (secondary N) is 1. The minimum absolute atomic E-state index is 0.235. The molecular formula is C16H24N2O2S. The Morgan fingerprint density at radius 3 is 2.67 bits per heavy atom. The molecule has 5 heteroatoms. The van der Waals surface area contributed by atoms with Gasteiger partial charge in [-0.3, -0.25) is 0 Å². The number of rotatable bonds is 7. The zero-order chi connectivity index (χ0) is 15.5. The van der Waals surface area contributed by atoms with Crippen LogP contribution in [0, 0.1) is 0 Å². The van der Waals surface area contributed by atoms with E-state index in [9.17, 15) is 8.42 Å². The van der Waals surface area contributed by atoms with Gasteiger partial charge < -0.3 is 9.88 Å². The molecule has 0 spiro atoms. The maximum atomic E-state index is 11.2. The molecule has 0 aliphatic heterocycles. The van der Waals surface area contributed by atoms with Gasteiger partial charge in [0.2, 0.25) is 0 Å². The summed E-state index contributed by atoms with van der Waals surface area (Å²) >= 11 is 0. The molecule has 116 valence electrons. The van der Waals surface area contributed by atoms with E-state index in [1.165, 1.54) is 22.7 Å². The van der Waals surface area contributed by atoms with Gasteiger partial charge >= 0.3 is 0 Å². The lowest BCUT2D eigenvalue weighted by atomic mass is 10.1. The fourth-order valence-corrected chi connectivity index (χ4v) is 3.13. The van der Waals surface area contributed by atoms with Crippen molar-refractivity contribution in [2.75, 3.05) is 12.0 Å². The predicted molar refractivity (Wildman–Crippen MR) is 88.2 cm³/mol. The summed E-state index contributed by atoms with van der Waals surface area (Å²) < 4.78 is 24.7. The lowest BCUT2D eigenvalue weighted by molar-refractivity contribution is 0.586. The Hall–Kier alpha value is -1.33. The molecule has 2 rings (SSSR count). The second-order valence-electron chi connectivity index (χ2n) is 5.88. The molecule has 0 bridgehead atoms. The first-order valence-electron chi connectivity index (χ1n) is 7.34. The highest BCUT2D eigenvalue weighted by Gasteiger charge is 2.08. The number of aromatic nitrogens is 1. The zero-order valence-corrected chi connectivity index (χ0v) is 13.8. The van der Waals surface area contributed by atoms with Crippen molar-refractivity contribution in [1.29, 1.82) is 0 Å².